The fourth-order valence-corrected chi connectivity index (χ4v) is 10.2. The van der Waals surface area contributed by atoms with Crippen molar-refractivity contribution in [2.24, 2.45) is 46.3 Å². The molecule has 278 valence electrons. The highest BCUT2D eigenvalue weighted by Gasteiger charge is 2.59. The highest BCUT2D eigenvalue weighted by atomic mass is 16.6. The highest BCUT2D eigenvalue weighted by molar-refractivity contribution is 5.67. The molecule has 3 saturated carbocycles. The van der Waals surface area contributed by atoms with E-state index in [-0.39, 0.29) is 17.6 Å². The lowest BCUT2D eigenvalue weighted by atomic mass is 9.47. The number of ether oxygens (including phenoxy) is 6. The topological polar surface area (TPSA) is 84.5 Å². The summed E-state index contributed by atoms with van der Waals surface area (Å²) in [5, 5.41) is 2.94. The predicted molar refractivity (Wildman–Crippen MR) is 191 cm³/mol. The molecule has 4 aliphatic carbocycles. The lowest BCUT2D eigenvalue weighted by Gasteiger charge is -2.58. The molecule has 0 aromatic heterocycles. The lowest BCUT2D eigenvalue weighted by Crippen LogP contribution is -2.51. The van der Waals surface area contributed by atoms with Crippen LogP contribution in [0.2, 0.25) is 0 Å². The summed E-state index contributed by atoms with van der Waals surface area (Å²) < 4.78 is 32.8. The summed E-state index contributed by atoms with van der Waals surface area (Å²) in [7, 11) is 1.66. The van der Waals surface area contributed by atoms with Crippen LogP contribution < -0.4 is 5.32 Å². The van der Waals surface area contributed by atoms with Crippen LogP contribution >= 0.6 is 0 Å². The van der Waals surface area contributed by atoms with Gasteiger partial charge < -0.3 is 33.7 Å². The van der Waals surface area contributed by atoms with Crippen LogP contribution in [0.3, 0.4) is 0 Å². The van der Waals surface area contributed by atoms with Crippen molar-refractivity contribution in [2.45, 2.75) is 118 Å². The molecule has 0 aromatic carbocycles. The van der Waals surface area contributed by atoms with Crippen LogP contribution in [0.4, 0.5) is 4.79 Å². The summed E-state index contributed by atoms with van der Waals surface area (Å²) in [6.45, 7) is 18.1. The quantitative estimate of drug-likeness (QED) is 0.0913. The van der Waals surface area contributed by atoms with E-state index in [1.807, 2.05) is 0 Å². The van der Waals surface area contributed by atoms with Crippen LogP contribution in [0, 0.1) is 46.3 Å². The van der Waals surface area contributed by atoms with Gasteiger partial charge in [0.1, 0.15) is 6.10 Å². The third-order valence-electron chi connectivity index (χ3n) is 12.8. The van der Waals surface area contributed by atoms with Crippen molar-refractivity contribution in [3.8, 4) is 0 Å². The molecular formula is C40H71NO7. The molecule has 4 rings (SSSR count). The average Bonchev–Trinajstić information content (AvgIpc) is 3.42. The van der Waals surface area contributed by atoms with Gasteiger partial charge in [-0.2, -0.15) is 0 Å². The number of methoxy groups -OCH3 is 1. The molecule has 0 heterocycles. The van der Waals surface area contributed by atoms with Gasteiger partial charge in [0.25, 0.3) is 0 Å². The van der Waals surface area contributed by atoms with E-state index in [1.165, 1.54) is 51.4 Å². The number of rotatable bonds is 22. The largest absolute Gasteiger partial charge is 0.446 e. The van der Waals surface area contributed by atoms with Crippen molar-refractivity contribution >= 4 is 6.09 Å². The molecule has 5 unspecified atom stereocenters. The van der Waals surface area contributed by atoms with Gasteiger partial charge >= 0.3 is 6.09 Å². The van der Waals surface area contributed by atoms with Crippen molar-refractivity contribution in [1.82, 2.24) is 5.32 Å². The Kier molecular flexibility index (Phi) is 16.5. The van der Waals surface area contributed by atoms with E-state index in [1.54, 1.807) is 12.7 Å². The monoisotopic (exact) mass is 678 g/mol. The van der Waals surface area contributed by atoms with Crippen molar-refractivity contribution in [3.63, 3.8) is 0 Å². The zero-order valence-corrected chi connectivity index (χ0v) is 31.5. The van der Waals surface area contributed by atoms with Crippen molar-refractivity contribution in [1.29, 1.82) is 0 Å². The van der Waals surface area contributed by atoms with E-state index >= 15 is 0 Å². The van der Waals surface area contributed by atoms with Crippen LogP contribution in [0.5, 0.6) is 0 Å². The maximum atomic E-state index is 12.6. The van der Waals surface area contributed by atoms with E-state index in [9.17, 15) is 4.79 Å². The molecule has 4 aliphatic rings. The van der Waals surface area contributed by atoms with Gasteiger partial charge in [-0.3, -0.25) is 0 Å². The van der Waals surface area contributed by atoms with Gasteiger partial charge in [-0.25, -0.2) is 4.79 Å². The van der Waals surface area contributed by atoms with Crippen LogP contribution in [0.1, 0.15) is 112 Å². The van der Waals surface area contributed by atoms with E-state index in [2.05, 4.69) is 46.0 Å². The molecule has 0 aromatic rings. The first-order valence-electron chi connectivity index (χ1n) is 19.6. The molecule has 3 fully saturated rings. The number of carbonyl (C=O) groups excluding carboxylic acids is 1. The van der Waals surface area contributed by atoms with Crippen LogP contribution in [-0.4, -0.2) is 85.3 Å². The third-order valence-corrected chi connectivity index (χ3v) is 12.8. The molecule has 0 aliphatic heterocycles. The molecule has 1 N–H and O–H groups in total. The number of allylic oxidation sites excluding steroid dienone is 1. The van der Waals surface area contributed by atoms with Crippen LogP contribution in [0.15, 0.2) is 11.6 Å². The second-order valence-corrected chi connectivity index (χ2v) is 16.3. The second kappa shape index (κ2) is 20.0. The molecule has 8 atom stereocenters. The standard InChI is InChI=1S/C40H71NO7/c1-30(2)9-7-10-31(3)35-13-14-36-34-12-11-32-29-33(15-17-39(32,4)37(34)16-18-40(35,36)5)48-38(42)41-19-8-20-44-23-24-46-27-28-47-26-25-45-22-21-43-6/h11,30-31,33-37H,7-10,12-29H2,1-6H3,(H,41,42)/t31-,33?,34?,35?,36?,37?,39-,40+/m1/s1. The van der Waals surface area contributed by atoms with Crippen LogP contribution in [-0.2, 0) is 28.4 Å². The van der Waals surface area contributed by atoms with Gasteiger partial charge in [0.15, 0.2) is 0 Å². The fourth-order valence-electron chi connectivity index (χ4n) is 10.2. The minimum absolute atomic E-state index is 0.0159. The van der Waals surface area contributed by atoms with Gasteiger partial charge in [0.2, 0.25) is 0 Å². The molecule has 0 radical (unpaired) electrons. The Labute approximate surface area is 293 Å². The number of amides is 1. The Balaban J connectivity index is 1.08. The Morgan fingerprint density at radius 1 is 0.812 bits per heavy atom. The maximum Gasteiger partial charge on any atom is 0.407 e. The second-order valence-electron chi connectivity index (χ2n) is 16.3. The molecule has 0 saturated heterocycles. The summed E-state index contributed by atoms with van der Waals surface area (Å²) in [5.74, 6) is 5.07. The zero-order valence-electron chi connectivity index (χ0n) is 31.5. The van der Waals surface area contributed by atoms with Crippen molar-refractivity contribution < 1.29 is 33.2 Å². The van der Waals surface area contributed by atoms with E-state index in [4.69, 9.17) is 28.4 Å². The normalized spacial score (nSPS) is 31.9. The fraction of sp³-hybridized carbons (Fsp3) is 0.925. The van der Waals surface area contributed by atoms with Gasteiger partial charge in [0.05, 0.1) is 52.9 Å². The number of hydrogen-bond donors (Lipinski definition) is 1. The van der Waals surface area contributed by atoms with E-state index < -0.39 is 0 Å². The van der Waals surface area contributed by atoms with Gasteiger partial charge in [-0.15, -0.1) is 0 Å². The van der Waals surface area contributed by atoms with E-state index in [0.29, 0.717) is 71.4 Å². The lowest BCUT2D eigenvalue weighted by molar-refractivity contribution is -0.0581. The minimum atomic E-state index is -0.293. The first-order valence-corrected chi connectivity index (χ1v) is 19.6. The minimum Gasteiger partial charge on any atom is -0.446 e. The molecule has 0 spiro atoms. The van der Waals surface area contributed by atoms with Gasteiger partial charge in [-0.05, 0) is 97.7 Å². The van der Waals surface area contributed by atoms with Gasteiger partial charge in [0, 0.05) is 26.7 Å². The molecule has 0 bridgehead atoms. The molecule has 1 amide bonds. The summed E-state index contributed by atoms with van der Waals surface area (Å²) in [6.07, 6.45) is 17.1. The molecule has 8 heteroatoms. The Morgan fingerprint density at radius 2 is 1.48 bits per heavy atom. The summed E-state index contributed by atoms with van der Waals surface area (Å²) in [6, 6.07) is 0. The first-order chi connectivity index (χ1) is 23.2. The number of hydrogen-bond acceptors (Lipinski definition) is 7. The molecule has 48 heavy (non-hydrogen) atoms. The number of alkyl carbamates (subject to hydrolysis) is 1. The maximum absolute atomic E-state index is 12.6. The molecule has 8 nitrogen and oxygen atoms in total. The van der Waals surface area contributed by atoms with E-state index in [0.717, 1.165) is 61.2 Å². The number of carbonyl (C=O) groups is 1. The number of fused-ring (bicyclic) bond motifs is 5. The molecular weight excluding hydrogens is 606 g/mol. The summed E-state index contributed by atoms with van der Waals surface area (Å²) in [5.41, 5.74) is 2.36. The smallest absolute Gasteiger partial charge is 0.407 e. The van der Waals surface area contributed by atoms with Crippen LogP contribution in [0.25, 0.3) is 0 Å². The van der Waals surface area contributed by atoms with Gasteiger partial charge in [-0.1, -0.05) is 65.5 Å². The van der Waals surface area contributed by atoms with Crippen molar-refractivity contribution in [3.05, 3.63) is 11.6 Å². The average molecular weight is 678 g/mol. The Hall–Kier alpha value is -1.19. The highest BCUT2D eigenvalue weighted by Crippen LogP contribution is 2.67. The zero-order chi connectivity index (χ0) is 34.4. The SMILES string of the molecule is COCCOCCOCCOCCOCCCNC(=O)OC1CC[C@]2(C)C(=CCC3C4CCC([C@H](C)CCCC(C)C)[C@]4(C)CCC32)C1. The number of nitrogens with one attached hydrogen (secondary N) is 1. The summed E-state index contributed by atoms with van der Waals surface area (Å²) in [4.78, 5) is 12.6. The summed E-state index contributed by atoms with van der Waals surface area (Å²) >= 11 is 0. The Bertz CT molecular complexity index is 973. The first kappa shape index (κ1) is 39.6. The van der Waals surface area contributed by atoms with Crippen molar-refractivity contribution in [2.75, 3.05) is 73.1 Å². The predicted octanol–water partition coefficient (Wildman–Crippen LogP) is 8.23. The third kappa shape index (κ3) is 10.9. The Morgan fingerprint density at radius 3 is 2.15 bits per heavy atom.